The summed E-state index contributed by atoms with van der Waals surface area (Å²) < 4.78 is 6.30. The van der Waals surface area contributed by atoms with Gasteiger partial charge in [0.15, 0.2) is 0 Å². The number of amides is 1. The van der Waals surface area contributed by atoms with Gasteiger partial charge in [0, 0.05) is 44.8 Å². The van der Waals surface area contributed by atoms with Gasteiger partial charge in [-0.25, -0.2) is 0 Å². The molecule has 3 unspecified atom stereocenters. The van der Waals surface area contributed by atoms with Gasteiger partial charge in [-0.05, 0) is 67.6 Å². The lowest BCUT2D eigenvalue weighted by Crippen LogP contribution is -2.59. The zero-order valence-electron chi connectivity index (χ0n) is 16.3. The molecule has 1 aliphatic heterocycles. The van der Waals surface area contributed by atoms with E-state index < -0.39 is 5.91 Å². The monoisotopic (exact) mass is 369 g/mol. The fraction of sp³-hybridized carbons (Fsp3) is 0.727. The quantitative estimate of drug-likeness (QED) is 0.867. The average Bonchev–Trinajstić information content (AvgIpc) is 3.27. The number of pyridine rings is 1. The molecular formula is C22H31N3O2. The molecule has 2 heterocycles. The largest absolute Gasteiger partial charge is 0.373 e. The molecule has 0 spiro atoms. The van der Waals surface area contributed by atoms with Crippen molar-refractivity contribution < 1.29 is 9.53 Å². The fourth-order valence-corrected chi connectivity index (χ4v) is 6.76. The smallest absolute Gasteiger partial charge is 0.267 e. The number of primary amides is 1. The maximum absolute atomic E-state index is 11.7. The number of carbonyl (C=O) groups is 1. The van der Waals surface area contributed by atoms with E-state index in [1.165, 1.54) is 45.1 Å². The van der Waals surface area contributed by atoms with Crippen LogP contribution in [-0.4, -0.2) is 42.5 Å². The van der Waals surface area contributed by atoms with Crippen LogP contribution in [0, 0.1) is 29.6 Å². The molecule has 27 heavy (non-hydrogen) atoms. The van der Waals surface area contributed by atoms with Crippen LogP contribution in [0.3, 0.4) is 0 Å². The van der Waals surface area contributed by atoms with Crippen molar-refractivity contribution in [3.63, 3.8) is 0 Å². The number of methoxy groups -OCH3 is 1. The van der Waals surface area contributed by atoms with E-state index in [1.54, 1.807) is 6.20 Å². The van der Waals surface area contributed by atoms with Crippen LogP contribution in [0.15, 0.2) is 18.3 Å². The normalized spacial score (nSPS) is 40.6. The third-order valence-electron chi connectivity index (χ3n) is 7.93. The van der Waals surface area contributed by atoms with Crippen molar-refractivity contribution in [3.05, 3.63) is 29.6 Å². The Bertz CT molecular complexity index is 712. The van der Waals surface area contributed by atoms with Crippen LogP contribution in [0.2, 0.25) is 0 Å². The number of hydrogen-bond acceptors (Lipinski definition) is 4. The first-order valence-electron chi connectivity index (χ1n) is 10.6. The van der Waals surface area contributed by atoms with Crippen LogP contribution in [0.5, 0.6) is 0 Å². The number of nitrogens with two attached hydrogens (primary N) is 1. The van der Waals surface area contributed by atoms with Crippen molar-refractivity contribution in [1.29, 1.82) is 0 Å². The van der Waals surface area contributed by atoms with Gasteiger partial charge in [0.1, 0.15) is 11.3 Å². The average molecular weight is 370 g/mol. The molecule has 3 aliphatic carbocycles. The van der Waals surface area contributed by atoms with Gasteiger partial charge in [-0.2, -0.15) is 0 Å². The van der Waals surface area contributed by atoms with Gasteiger partial charge in [0.2, 0.25) is 0 Å². The highest BCUT2D eigenvalue weighted by molar-refractivity contribution is 5.90. The number of nitrogens with zero attached hydrogens (tertiary/aromatic N) is 2. The van der Waals surface area contributed by atoms with E-state index in [0.717, 1.165) is 36.4 Å². The summed E-state index contributed by atoms with van der Waals surface area (Å²) in [6.45, 7) is 3.47. The Labute approximate surface area is 161 Å². The number of rotatable bonds is 5. The van der Waals surface area contributed by atoms with Gasteiger partial charge in [-0.1, -0.05) is 6.42 Å². The fourth-order valence-electron chi connectivity index (χ4n) is 6.76. The number of carbonyl (C=O) groups excluding carboxylic acids is 1. The summed E-state index contributed by atoms with van der Waals surface area (Å²) in [6, 6.07) is 3.90. The van der Waals surface area contributed by atoms with Crippen LogP contribution in [0.1, 0.15) is 54.6 Å². The van der Waals surface area contributed by atoms with E-state index in [4.69, 9.17) is 10.5 Å². The van der Waals surface area contributed by atoms with Crippen molar-refractivity contribution >= 4 is 5.91 Å². The molecule has 0 radical (unpaired) electrons. The van der Waals surface area contributed by atoms with Gasteiger partial charge in [0.05, 0.1) is 0 Å². The van der Waals surface area contributed by atoms with Crippen molar-refractivity contribution in [1.82, 2.24) is 9.88 Å². The van der Waals surface area contributed by atoms with Gasteiger partial charge < -0.3 is 15.4 Å². The van der Waals surface area contributed by atoms with Gasteiger partial charge in [0.25, 0.3) is 5.91 Å². The molecule has 5 nitrogen and oxygen atoms in total. The Kier molecular flexibility index (Phi) is 4.28. The molecule has 4 aliphatic rings. The molecule has 1 saturated heterocycles. The first kappa shape index (κ1) is 17.6. The second kappa shape index (κ2) is 6.56. The summed E-state index contributed by atoms with van der Waals surface area (Å²) in [5.74, 6) is 3.49. The van der Waals surface area contributed by atoms with E-state index in [9.17, 15) is 4.79 Å². The zero-order chi connectivity index (χ0) is 18.6. The molecule has 1 aromatic heterocycles. The highest BCUT2D eigenvalue weighted by Crippen LogP contribution is 2.55. The molecule has 2 N–H and O–H groups in total. The zero-order valence-corrected chi connectivity index (χ0v) is 16.3. The molecule has 5 atom stereocenters. The Balaban J connectivity index is 1.40. The Hall–Kier alpha value is -1.46. The minimum absolute atomic E-state index is 0.306. The minimum Gasteiger partial charge on any atom is -0.373 e. The standard InChI is InChI=1S/C22H31N3O2/c1-27-22(17-5-6-24-20(10-17)21(23)26)18-3-2-4-19(22)13-25(12-18)11-14-7-15-9-16(15)8-14/h5-6,10,14-16,18-19H,2-4,7-9,11-13H2,1H3,(H2,23,26)/t14?,15-,16+,18?,19?,22?. The minimum atomic E-state index is -0.467. The third kappa shape index (κ3) is 2.90. The summed E-state index contributed by atoms with van der Waals surface area (Å²) in [4.78, 5) is 18.5. The second-order valence-corrected chi connectivity index (χ2v) is 9.43. The number of ether oxygens (including phenoxy) is 1. The predicted octanol–water partition coefficient (Wildman–Crippen LogP) is 2.80. The molecule has 1 amide bonds. The number of hydrogen-bond donors (Lipinski definition) is 1. The molecule has 2 bridgehead atoms. The molecule has 5 rings (SSSR count). The second-order valence-electron chi connectivity index (χ2n) is 9.43. The lowest BCUT2D eigenvalue weighted by atomic mass is 9.62. The molecule has 1 aromatic rings. The first-order chi connectivity index (χ1) is 13.1. The Morgan fingerprint density at radius 2 is 1.96 bits per heavy atom. The molecular weight excluding hydrogens is 338 g/mol. The maximum Gasteiger partial charge on any atom is 0.267 e. The van der Waals surface area contributed by atoms with Crippen LogP contribution in [0.4, 0.5) is 0 Å². The summed E-state index contributed by atoms with van der Waals surface area (Å²) in [5, 5.41) is 0. The van der Waals surface area contributed by atoms with E-state index in [1.807, 2.05) is 19.2 Å². The Morgan fingerprint density at radius 3 is 2.59 bits per heavy atom. The highest BCUT2D eigenvalue weighted by atomic mass is 16.5. The van der Waals surface area contributed by atoms with Crippen molar-refractivity contribution in [2.45, 2.75) is 44.1 Å². The lowest BCUT2D eigenvalue weighted by Gasteiger charge is -2.55. The number of piperidine rings is 1. The van der Waals surface area contributed by atoms with Gasteiger partial charge >= 0.3 is 0 Å². The summed E-state index contributed by atoms with van der Waals surface area (Å²) in [6.07, 6.45) is 9.77. The third-order valence-corrected chi connectivity index (χ3v) is 7.93. The molecule has 0 aromatic carbocycles. The van der Waals surface area contributed by atoms with Crippen molar-refractivity contribution in [3.8, 4) is 0 Å². The molecule has 146 valence electrons. The SMILES string of the molecule is COC1(c2ccnc(C(N)=O)c2)C2CCCC1CN(CC1C[C@@H]3C[C@@H]3C1)C2. The number of likely N-dealkylation sites (tertiary alicyclic amines) is 1. The van der Waals surface area contributed by atoms with E-state index >= 15 is 0 Å². The van der Waals surface area contributed by atoms with E-state index in [2.05, 4.69) is 9.88 Å². The highest BCUT2D eigenvalue weighted by Gasteiger charge is 2.54. The van der Waals surface area contributed by atoms with Gasteiger partial charge in [-0.3, -0.25) is 9.78 Å². The molecule has 4 fully saturated rings. The van der Waals surface area contributed by atoms with Crippen molar-refractivity contribution in [2.75, 3.05) is 26.7 Å². The predicted molar refractivity (Wildman–Crippen MR) is 103 cm³/mol. The number of fused-ring (bicyclic) bond motifs is 3. The van der Waals surface area contributed by atoms with E-state index in [0.29, 0.717) is 17.5 Å². The number of aromatic nitrogens is 1. The molecule has 3 saturated carbocycles. The van der Waals surface area contributed by atoms with Crippen LogP contribution in [0.25, 0.3) is 0 Å². The summed E-state index contributed by atoms with van der Waals surface area (Å²) >= 11 is 0. The van der Waals surface area contributed by atoms with E-state index in [-0.39, 0.29) is 5.60 Å². The first-order valence-corrected chi connectivity index (χ1v) is 10.6. The summed E-state index contributed by atoms with van der Waals surface area (Å²) in [7, 11) is 1.84. The van der Waals surface area contributed by atoms with Crippen LogP contribution >= 0.6 is 0 Å². The molecule has 5 heteroatoms. The van der Waals surface area contributed by atoms with Crippen LogP contribution < -0.4 is 5.73 Å². The maximum atomic E-state index is 11.7. The summed E-state index contributed by atoms with van der Waals surface area (Å²) in [5.41, 5.74) is 6.61. The lowest BCUT2D eigenvalue weighted by molar-refractivity contribution is -0.170. The Morgan fingerprint density at radius 1 is 1.26 bits per heavy atom. The topological polar surface area (TPSA) is 68.5 Å². The van der Waals surface area contributed by atoms with Crippen LogP contribution in [-0.2, 0) is 10.3 Å². The van der Waals surface area contributed by atoms with Crippen molar-refractivity contribution in [2.24, 2.45) is 35.3 Å². The van der Waals surface area contributed by atoms with Gasteiger partial charge in [-0.15, -0.1) is 0 Å².